The van der Waals surface area contributed by atoms with E-state index in [1.807, 2.05) is 54.6 Å². The number of aliphatic carboxylic acids is 1. The molecular weight excluding hydrogens is 318 g/mol. The van der Waals surface area contributed by atoms with Crippen molar-refractivity contribution in [2.24, 2.45) is 0 Å². The maximum atomic E-state index is 11.6. The summed E-state index contributed by atoms with van der Waals surface area (Å²) in [4.78, 5) is 11.6. The molecule has 2 aromatic carbocycles. The molecule has 20 heavy (non-hydrogen) atoms. The predicted molar refractivity (Wildman–Crippen MR) is 84.0 cm³/mol. The van der Waals surface area contributed by atoms with E-state index >= 15 is 0 Å². The first-order chi connectivity index (χ1) is 9.49. The molecule has 0 saturated heterocycles. The number of halogens is 1. The van der Waals surface area contributed by atoms with Crippen LogP contribution in [0.15, 0.2) is 59.1 Å². The predicted octanol–water partition coefficient (Wildman–Crippen LogP) is 3.95. The van der Waals surface area contributed by atoms with E-state index in [-0.39, 0.29) is 0 Å². The second-order valence-electron chi connectivity index (χ2n) is 4.93. The van der Waals surface area contributed by atoms with Crippen molar-refractivity contribution in [1.29, 1.82) is 0 Å². The van der Waals surface area contributed by atoms with Gasteiger partial charge < -0.3 is 10.4 Å². The Hall–Kier alpha value is -1.81. The molecule has 0 aromatic heterocycles. The van der Waals surface area contributed by atoms with Crippen molar-refractivity contribution in [3.63, 3.8) is 0 Å². The Balaban J connectivity index is 2.23. The lowest BCUT2D eigenvalue weighted by molar-refractivity contribution is -0.141. The molecule has 0 aliphatic rings. The van der Waals surface area contributed by atoms with Crippen molar-refractivity contribution in [3.8, 4) is 0 Å². The van der Waals surface area contributed by atoms with Gasteiger partial charge >= 0.3 is 5.97 Å². The number of hydrogen-bond donors (Lipinski definition) is 2. The van der Waals surface area contributed by atoms with Gasteiger partial charge in [-0.15, -0.1) is 0 Å². The summed E-state index contributed by atoms with van der Waals surface area (Å²) in [6, 6.07) is 17.1. The van der Waals surface area contributed by atoms with Gasteiger partial charge in [0.2, 0.25) is 0 Å². The summed E-state index contributed by atoms with van der Waals surface area (Å²) in [5, 5.41) is 12.7. The van der Waals surface area contributed by atoms with Crippen molar-refractivity contribution in [2.45, 2.75) is 18.9 Å². The third kappa shape index (κ3) is 3.61. The molecule has 0 radical (unpaired) electrons. The molecule has 0 saturated carbocycles. The van der Waals surface area contributed by atoms with Crippen LogP contribution in [0.5, 0.6) is 0 Å². The number of nitrogens with one attached hydrogen (secondary N) is 1. The Kier molecular flexibility index (Phi) is 4.45. The van der Waals surface area contributed by atoms with Crippen LogP contribution >= 0.6 is 15.9 Å². The van der Waals surface area contributed by atoms with E-state index in [0.717, 1.165) is 15.7 Å². The van der Waals surface area contributed by atoms with Gasteiger partial charge in [-0.2, -0.15) is 0 Å². The van der Waals surface area contributed by atoms with Gasteiger partial charge in [-0.1, -0.05) is 52.3 Å². The van der Waals surface area contributed by atoms with Gasteiger partial charge in [0.25, 0.3) is 0 Å². The Morgan fingerprint density at radius 2 is 1.90 bits per heavy atom. The summed E-state index contributed by atoms with van der Waals surface area (Å²) in [6.45, 7) is 1.70. The van der Waals surface area contributed by atoms with Crippen LogP contribution in [0, 0.1) is 0 Å². The minimum atomic E-state index is -1.05. The molecule has 1 atom stereocenters. The highest BCUT2D eigenvalue weighted by molar-refractivity contribution is 9.10. The number of rotatable bonds is 5. The second-order valence-corrected chi connectivity index (χ2v) is 5.85. The van der Waals surface area contributed by atoms with Crippen molar-refractivity contribution in [2.75, 3.05) is 5.32 Å². The zero-order valence-corrected chi connectivity index (χ0v) is 12.7. The fourth-order valence-corrected chi connectivity index (χ4v) is 2.46. The van der Waals surface area contributed by atoms with Gasteiger partial charge in [-0.25, -0.2) is 4.79 Å². The number of hydrogen-bond acceptors (Lipinski definition) is 2. The van der Waals surface area contributed by atoms with Crippen LogP contribution in [0.2, 0.25) is 0 Å². The lowest BCUT2D eigenvalue weighted by Crippen LogP contribution is -2.45. The van der Waals surface area contributed by atoms with Crippen LogP contribution < -0.4 is 5.32 Å². The number of benzene rings is 2. The standard InChI is InChI=1S/C16H16BrNO2/c1-16(15(19)20,11-12-6-3-2-4-7-12)18-14-9-5-8-13(17)10-14/h2-10,18H,11H2,1H3,(H,19,20). The lowest BCUT2D eigenvalue weighted by atomic mass is 9.92. The molecule has 2 N–H and O–H groups in total. The first kappa shape index (κ1) is 14.6. The van der Waals surface area contributed by atoms with E-state index < -0.39 is 11.5 Å². The summed E-state index contributed by atoms with van der Waals surface area (Å²) in [5.41, 5.74) is 0.711. The zero-order valence-electron chi connectivity index (χ0n) is 11.1. The van der Waals surface area contributed by atoms with Crippen LogP contribution in [0.1, 0.15) is 12.5 Å². The fraction of sp³-hybridized carbons (Fsp3) is 0.188. The molecule has 0 fully saturated rings. The molecule has 0 heterocycles. The molecular formula is C16H16BrNO2. The molecule has 0 aliphatic heterocycles. The number of carboxylic acid groups (broad SMARTS) is 1. The molecule has 2 aromatic rings. The van der Waals surface area contributed by atoms with Crippen molar-refractivity contribution >= 4 is 27.6 Å². The summed E-state index contributed by atoms with van der Waals surface area (Å²) in [5.74, 6) is -0.874. The maximum Gasteiger partial charge on any atom is 0.329 e. The van der Waals surface area contributed by atoms with E-state index in [0.29, 0.717) is 6.42 Å². The van der Waals surface area contributed by atoms with E-state index in [9.17, 15) is 9.90 Å². The highest BCUT2D eigenvalue weighted by Crippen LogP contribution is 2.23. The molecule has 2 rings (SSSR count). The largest absolute Gasteiger partial charge is 0.480 e. The SMILES string of the molecule is CC(Cc1ccccc1)(Nc1cccc(Br)c1)C(=O)O. The van der Waals surface area contributed by atoms with E-state index in [1.54, 1.807) is 6.92 Å². The fourth-order valence-electron chi connectivity index (χ4n) is 2.06. The Morgan fingerprint density at radius 1 is 1.20 bits per heavy atom. The van der Waals surface area contributed by atoms with Gasteiger partial charge in [-0.05, 0) is 30.7 Å². The minimum Gasteiger partial charge on any atom is -0.480 e. The van der Waals surface area contributed by atoms with Crippen LogP contribution in [0.3, 0.4) is 0 Å². The van der Waals surface area contributed by atoms with Gasteiger partial charge in [0.1, 0.15) is 5.54 Å². The van der Waals surface area contributed by atoms with E-state index in [2.05, 4.69) is 21.2 Å². The van der Waals surface area contributed by atoms with Crippen LogP contribution in [0.4, 0.5) is 5.69 Å². The van der Waals surface area contributed by atoms with Gasteiger partial charge in [-0.3, -0.25) is 0 Å². The monoisotopic (exact) mass is 333 g/mol. The first-order valence-corrected chi connectivity index (χ1v) is 7.10. The van der Waals surface area contributed by atoms with Crippen LogP contribution in [-0.4, -0.2) is 16.6 Å². The minimum absolute atomic E-state index is 0.412. The average molecular weight is 334 g/mol. The third-order valence-electron chi connectivity index (χ3n) is 3.12. The molecule has 0 amide bonds. The number of anilines is 1. The summed E-state index contributed by atoms with van der Waals surface area (Å²) < 4.78 is 0.912. The van der Waals surface area contributed by atoms with Crippen molar-refractivity contribution in [3.05, 3.63) is 64.6 Å². The summed E-state index contributed by atoms with van der Waals surface area (Å²) in [7, 11) is 0. The summed E-state index contributed by atoms with van der Waals surface area (Å²) >= 11 is 3.39. The smallest absolute Gasteiger partial charge is 0.329 e. The van der Waals surface area contributed by atoms with Gasteiger partial charge in [0, 0.05) is 16.6 Å². The quantitative estimate of drug-likeness (QED) is 0.871. The van der Waals surface area contributed by atoms with Gasteiger partial charge in [0.15, 0.2) is 0 Å². The Bertz CT molecular complexity index is 600. The van der Waals surface area contributed by atoms with E-state index in [4.69, 9.17) is 0 Å². The molecule has 1 unspecified atom stereocenters. The molecule has 0 spiro atoms. The van der Waals surface area contributed by atoms with Crippen LogP contribution in [-0.2, 0) is 11.2 Å². The molecule has 0 bridgehead atoms. The first-order valence-electron chi connectivity index (χ1n) is 6.31. The lowest BCUT2D eigenvalue weighted by Gasteiger charge is -2.27. The van der Waals surface area contributed by atoms with E-state index in [1.165, 1.54) is 0 Å². The van der Waals surface area contributed by atoms with Gasteiger partial charge in [0.05, 0.1) is 0 Å². The zero-order chi connectivity index (χ0) is 14.6. The normalized spacial score (nSPS) is 13.5. The molecule has 104 valence electrons. The average Bonchev–Trinajstić information content (AvgIpc) is 2.39. The Morgan fingerprint density at radius 3 is 2.50 bits per heavy atom. The summed E-state index contributed by atoms with van der Waals surface area (Å²) in [6.07, 6.45) is 0.412. The third-order valence-corrected chi connectivity index (χ3v) is 3.61. The van der Waals surface area contributed by atoms with Crippen LogP contribution in [0.25, 0.3) is 0 Å². The molecule has 4 heteroatoms. The number of carbonyl (C=O) groups is 1. The maximum absolute atomic E-state index is 11.6. The molecule has 0 aliphatic carbocycles. The topological polar surface area (TPSA) is 49.3 Å². The Labute approximate surface area is 126 Å². The number of carboxylic acids is 1. The van der Waals surface area contributed by atoms with Crippen molar-refractivity contribution in [1.82, 2.24) is 0 Å². The highest BCUT2D eigenvalue weighted by atomic mass is 79.9. The van der Waals surface area contributed by atoms with Crippen molar-refractivity contribution < 1.29 is 9.90 Å². The highest BCUT2D eigenvalue weighted by Gasteiger charge is 2.33. The molecule has 3 nitrogen and oxygen atoms in total. The second kappa shape index (κ2) is 6.09.